The molecule has 3 saturated heterocycles. The van der Waals surface area contributed by atoms with Gasteiger partial charge in [0.1, 0.15) is 16.7 Å². The summed E-state index contributed by atoms with van der Waals surface area (Å²) in [5.74, 6) is 2.06. The number of nitrogens with two attached hydrogens (primary N) is 1. The number of aromatic nitrogens is 2. The number of nitrogens with zero attached hydrogens (tertiary/aromatic N) is 6. The van der Waals surface area contributed by atoms with Crippen molar-refractivity contribution in [3.63, 3.8) is 0 Å². The Morgan fingerprint density at radius 3 is 2.58 bits per heavy atom. The van der Waals surface area contributed by atoms with Gasteiger partial charge in [0.15, 0.2) is 0 Å². The molecule has 0 saturated carbocycles. The van der Waals surface area contributed by atoms with Crippen molar-refractivity contribution < 1.29 is 4.79 Å². The first-order chi connectivity index (χ1) is 18.5. The highest BCUT2D eigenvalue weighted by molar-refractivity contribution is 7.17. The van der Waals surface area contributed by atoms with Gasteiger partial charge in [-0.3, -0.25) is 4.79 Å². The number of carbonyl (C=O) groups excluding carboxylic acids is 1. The molecule has 0 radical (unpaired) electrons. The molecule has 3 aliphatic heterocycles. The van der Waals surface area contributed by atoms with Gasteiger partial charge < -0.3 is 25.3 Å². The van der Waals surface area contributed by atoms with E-state index in [2.05, 4.69) is 64.5 Å². The van der Waals surface area contributed by atoms with Crippen molar-refractivity contribution in [1.29, 1.82) is 0 Å². The van der Waals surface area contributed by atoms with Crippen LogP contribution in [-0.4, -0.2) is 91.1 Å². The fraction of sp³-hybridized carbons (Fsp3) is 0.552. The van der Waals surface area contributed by atoms with Crippen molar-refractivity contribution in [2.45, 2.75) is 44.2 Å². The highest BCUT2D eigenvalue weighted by atomic mass is 32.1. The van der Waals surface area contributed by atoms with Crippen LogP contribution in [0.25, 0.3) is 21.3 Å². The molecule has 0 bridgehead atoms. The fourth-order valence-electron chi connectivity index (χ4n) is 6.56. The minimum atomic E-state index is -0.329. The molecule has 8 nitrogen and oxygen atoms in total. The molecule has 6 rings (SSSR count). The number of likely N-dealkylation sites (tertiary alicyclic amines) is 1. The van der Waals surface area contributed by atoms with E-state index in [0.29, 0.717) is 17.9 Å². The maximum Gasteiger partial charge on any atom is 0.240 e. The molecule has 38 heavy (non-hydrogen) atoms. The SMILES string of the molecule is CN1CCC(N(C)CC2CCN(c3nc(N4CCC[C@@H]4C(N)=O)nc4scc(-c5ccccc5)c34)CC2)C1. The van der Waals surface area contributed by atoms with Crippen LogP contribution in [0.1, 0.15) is 32.1 Å². The molecule has 2 atom stereocenters. The standard InChI is InChI=1S/C29H39N7OS/c1-33-14-12-22(18-33)34(2)17-20-10-15-35(16-11-20)27-25-23(21-7-4-3-5-8-21)19-38-28(25)32-29(31-27)36-13-6-9-24(36)26(30)37/h3-5,7-8,19-20,22,24H,6,9-18H2,1-2H3,(H2,30,37)/t22?,24-/m1/s1. The molecular formula is C29H39N7OS. The zero-order chi connectivity index (χ0) is 26.2. The van der Waals surface area contributed by atoms with Crippen LogP contribution < -0.4 is 15.5 Å². The number of thiophene rings is 1. The van der Waals surface area contributed by atoms with E-state index in [4.69, 9.17) is 15.7 Å². The van der Waals surface area contributed by atoms with Gasteiger partial charge >= 0.3 is 0 Å². The number of benzene rings is 1. The minimum Gasteiger partial charge on any atom is -0.368 e. The lowest BCUT2D eigenvalue weighted by Gasteiger charge is -2.36. The highest BCUT2D eigenvalue weighted by Crippen LogP contribution is 2.41. The third-order valence-corrected chi connectivity index (χ3v) is 9.65. The summed E-state index contributed by atoms with van der Waals surface area (Å²) in [5.41, 5.74) is 8.13. The highest BCUT2D eigenvalue weighted by Gasteiger charge is 2.33. The van der Waals surface area contributed by atoms with E-state index in [0.717, 1.165) is 61.4 Å². The predicted molar refractivity (Wildman–Crippen MR) is 156 cm³/mol. The summed E-state index contributed by atoms with van der Waals surface area (Å²) in [4.78, 5) is 32.8. The second-order valence-electron chi connectivity index (χ2n) is 11.4. The molecule has 0 spiro atoms. The van der Waals surface area contributed by atoms with Crippen molar-refractivity contribution in [2.24, 2.45) is 11.7 Å². The number of fused-ring (bicyclic) bond motifs is 1. The van der Waals surface area contributed by atoms with E-state index >= 15 is 0 Å². The van der Waals surface area contributed by atoms with Crippen molar-refractivity contribution >= 4 is 39.2 Å². The average Bonchev–Trinajstić information content (AvgIpc) is 3.69. The number of carbonyl (C=O) groups is 1. The Balaban J connectivity index is 1.29. The Kier molecular flexibility index (Phi) is 7.24. The summed E-state index contributed by atoms with van der Waals surface area (Å²) in [5, 5.41) is 3.34. The lowest BCUT2D eigenvalue weighted by molar-refractivity contribution is -0.119. The third-order valence-electron chi connectivity index (χ3n) is 8.78. The zero-order valence-electron chi connectivity index (χ0n) is 22.6. The molecule has 1 amide bonds. The first-order valence-corrected chi connectivity index (χ1v) is 14.9. The van der Waals surface area contributed by atoms with Gasteiger partial charge in [-0.2, -0.15) is 4.98 Å². The summed E-state index contributed by atoms with van der Waals surface area (Å²) in [6, 6.07) is 10.9. The van der Waals surface area contributed by atoms with Crippen molar-refractivity contribution in [1.82, 2.24) is 19.8 Å². The van der Waals surface area contributed by atoms with E-state index in [1.807, 2.05) is 4.90 Å². The molecule has 202 valence electrons. The molecule has 3 fully saturated rings. The second-order valence-corrected chi connectivity index (χ2v) is 12.2. The van der Waals surface area contributed by atoms with Crippen LogP contribution in [0, 0.1) is 5.92 Å². The number of primary amides is 1. The Labute approximate surface area is 229 Å². The minimum absolute atomic E-state index is 0.290. The van der Waals surface area contributed by atoms with E-state index in [-0.39, 0.29) is 11.9 Å². The number of amides is 1. The number of hydrogen-bond donors (Lipinski definition) is 1. The zero-order valence-corrected chi connectivity index (χ0v) is 23.4. The van der Waals surface area contributed by atoms with Gasteiger partial charge in [-0.1, -0.05) is 30.3 Å². The van der Waals surface area contributed by atoms with Gasteiger partial charge in [0, 0.05) is 49.7 Å². The summed E-state index contributed by atoms with van der Waals surface area (Å²) in [6.45, 7) is 6.28. The van der Waals surface area contributed by atoms with Gasteiger partial charge in [-0.15, -0.1) is 11.3 Å². The molecule has 2 aromatic heterocycles. The lowest BCUT2D eigenvalue weighted by Crippen LogP contribution is -2.42. The van der Waals surface area contributed by atoms with Crippen LogP contribution >= 0.6 is 11.3 Å². The summed E-state index contributed by atoms with van der Waals surface area (Å²) in [7, 11) is 4.53. The van der Waals surface area contributed by atoms with E-state index in [1.54, 1.807) is 11.3 Å². The smallest absolute Gasteiger partial charge is 0.240 e. The largest absolute Gasteiger partial charge is 0.368 e. The Bertz CT molecular complexity index is 1270. The molecule has 0 aliphatic carbocycles. The van der Waals surface area contributed by atoms with E-state index < -0.39 is 0 Å². The van der Waals surface area contributed by atoms with Crippen molar-refractivity contribution in [3.05, 3.63) is 35.7 Å². The number of rotatable bonds is 7. The predicted octanol–water partition coefficient (Wildman–Crippen LogP) is 3.66. The molecule has 1 unspecified atom stereocenters. The van der Waals surface area contributed by atoms with E-state index in [1.165, 1.54) is 37.2 Å². The average molecular weight is 534 g/mol. The number of piperidine rings is 1. The van der Waals surface area contributed by atoms with Crippen LogP contribution in [0.5, 0.6) is 0 Å². The van der Waals surface area contributed by atoms with Crippen LogP contribution in [-0.2, 0) is 4.79 Å². The molecule has 3 aromatic rings. The van der Waals surface area contributed by atoms with Crippen LogP contribution in [0.15, 0.2) is 35.7 Å². The number of anilines is 2. The Morgan fingerprint density at radius 1 is 1.08 bits per heavy atom. The summed E-state index contributed by atoms with van der Waals surface area (Å²) < 4.78 is 0. The quantitative estimate of drug-likeness (QED) is 0.496. The molecule has 1 aromatic carbocycles. The van der Waals surface area contributed by atoms with Gasteiger partial charge in [-0.25, -0.2) is 4.98 Å². The Hall–Kier alpha value is -2.75. The van der Waals surface area contributed by atoms with Crippen LogP contribution in [0.2, 0.25) is 0 Å². The third kappa shape index (κ3) is 4.99. The Morgan fingerprint density at radius 2 is 1.87 bits per heavy atom. The van der Waals surface area contributed by atoms with Crippen molar-refractivity contribution in [2.75, 3.05) is 63.2 Å². The normalized spacial score (nSPS) is 23.2. The summed E-state index contributed by atoms with van der Waals surface area (Å²) in [6.07, 6.45) is 5.29. The summed E-state index contributed by atoms with van der Waals surface area (Å²) >= 11 is 1.66. The molecule has 9 heteroatoms. The lowest BCUT2D eigenvalue weighted by atomic mass is 9.95. The monoisotopic (exact) mass is 533 g/mol. The maximum absolute atomic E-state index is 12.2. The topological polar surface area (TPSA) is 81.8 Å². The first-order valence-electron chi connectivity index (χ1n) is 14.0. The first kappa shape index (κ1) is 25.5. The van der Waals surface area contributed by atoms with E-state index in [9.17, 15) is 4.79 Å². The molecule has 3 aliphatic rings. The molecular weight excluding hydrogens is 494 g/mol. The maximum atomic E-state index is 12.2. The second kappa shape index (κ2) is 10.8. The van der Waals surface area contributed by atoms with Gasteiger partial charge in [-0.05, 0) is 64.2 Å². The van der Waals surface area contributed by atoms with Gasteiger partial charge in [0.25, 0.3) is 0 Å². The van der Waals surface area contributed by atoms with Gasteiger partial charge in [0.2, 0.25) is 11.9 Å². The van der Waals surface area contributed by atoms with Crippen LogP contribution in [0.3, 0.4) is 0 Å². The fourth-order valence-corrected chi connectivity index (χ4v) is 7.49. The van der Waals surface area contributed by atoms with Crippen LogP contribution in [0.4, 0.5) is 11.8 Å². The van der Waals surface area contributed by atoms with Crippen molar-refractivity contribution in [3.8, 4) is 11.1 Å². The molecule has 2 N–H and O–H groups in total. The number of likely N-dealkylation sites (N-methyl/N-ethyl adjacent to an activating group) is 2. The molecule has 5 heterocycles. The van der Waals surface area contributed by atoms with Gasteiger partial charge in [0.05, 0.1) is 5.39 Å². The number of hydrogen-bond acceptors (Lipinski definition) is 8.